The number of piperidine rings is 1. The molecule has 3 heteroatoms. The molecule has 1 aliphatic heterocycles. The van der Waals surface area contributed by atoms with Crippen molar-refractivity contribution in [3.8, 4) is 0 Å². The Hall–Kier alpha value is -1.61. The van der Waals surface area contributed by atoms with Gasteiger partial charge in [0.1, 0.15) is 0 Å². The molecule has 1 saturated heterocycles. The van der Waals surface area contributed by atoms with E-state index in [-0.39, 0.29) is 0 Å². The van der Waals surface area contributed by atoms with Crippen LogP contribution >= 0.6 is 0 Å². The van der Waals surface area contributed by atoms with Gasteiger partial charge in [-0.05, 0) is 37.0 Å². The van der Waals surface area contributed by atoms with Crippen molar-refractivity contribution in [3.05, 3.63) is 53.9 Å². The molecule has 1 aromatic heterocycles. The summed E-state index contributed by atoms with van der Waals surface area (Å²) in [5.41, 5.74) is 2.86. The van der Waals surface area contributed by atoms with E-state index in [0.29, 0.717) is 6.04 Å². The van der Waals surface area contributed by atoms with Gasteiger partial charge in [-0.1, -0.05) is 24.3 Å². The van der Waals surface area contributed by atoms with Gasteiger partial charge in [0.25, 0.3) is 0 Å². The molecule has 0 amide bonds. The van der Waals surface area contributed by atoms with E-state index in [2.05, 4.69) is 52.1 Å². The van der Waals surface area contributed by atoms with Gasteiger partial charge in [-0.3, -0.25) is 9.58 Å². The second kappa shape index (κ2) is 5.57. The van der Waals surface area contributed by atoms with Gasteiger partial charge >= 0.3 is 0 Å². The third kappa shape index (κ3) is 2.87. The smallest absolute Gasteiger partial charge is 0.0543 e. The van der Waals surface area contributed by atoms with Crippen molar-refractivity contribution in [3.63, 3.8) is 0 Å². The van der Waals surface area contributed by atoms with Gasteiger partial charge < -0.3 is 0 Å². The maximum absolute atomic E-state index is 4.36. The maximum atomic E-state index is 4.36. The van der Waals surface area contributed by atoms with E-state index >= 15 is 0 Å². The van der Waals surface area contributed by atoms with Crippen molar-refractivity contribution in [2.24, 2.45) is 0 Å². The molecule has 1 aliphatic rings. The molecule has 1 aromatic carbocycles. The van der Waals surface area contributed by atoms with Gasteiger partial charge in [0.15, 0.2) is 0 Å². The number of hydrogen-bond acceptors (Lipinski definition) is 2. The molecule has 0 spiro atoms. The minimum atomic E-state index is 0.586. The predicted molar refractivity (Wildman–Crippen MR) is 77.0 cm³/mol. The Morgan fingerprint density at radius 1 is 1.16 bits per heavy atom. The summed E-state index contributed by atoms with van der Waals surface area (Å²) >= 11 is 0. The lowest BCUT2D eigenvalue weighted by atomic mass is 10.0. The van der Waals surface area contributed by atoms with Crippen LogP contribution in [0.5, 0.6) is 0 Å². The van der Waals surface area contributed by atoms with Crippen LogP contribution in [0.4, 0.5) is 0 Å². The quantitative estimate of drug-likeness (QED) is 0.840. The fraction of sp³-hybridized carbons (Fsp3) is 0.438. The van der Waals surface area contributed by atoms with Crippen molar-refractivity contribution in [1.29, 1.82) is 0 Å². The van der Waals surface area contributed by atoms with Gasteiger partial charge in [0, 0.05) is 32.0 Å². The van der Waals surface area contributed by atoms with E-state index in [1.165, 1.54) is 37.1 Å². The second-order valence-corrected chi connectivity index (χ2v) is 5.42. The normalized spacial score (nSPS) is 17.7. The van der Waals surface area contributed by atoms with Crippen LogP contribution in [0, 0.1) is 6.92 Å². The standard InChI is InChI=1S/C16H21N3/c1-14-5-2-3-6-15(14)13-18-11-7-16(8-12-18)19-10-4-9-17-19/h2-6,9-10,16H,7-8,11-13H2,1H3. The van der Waals surface area contributed by atoms with E-state index in [0.717, 1.165) is 6.54 Å². The van der Waals surface area contributed by atoms with Gasteiger partial charge in [0.2, 0.25) is 0 Å². The van der Waals surface area contributed by atoms with Crippen LogP contribution in [0.1, 0.15) is 30.0 Å². The number of aryl methyl sites for hydroxylation is 1. The molecule has 3 rings (SSSR count). The van der Waals surface area contributed by atoms with E-state index < -0.39 is 0 Å². The number of hydrogen-bond donors (Lipinski definition) is 0. The Balaban J connectivity index is 1.57. The van der Waals surface area contributed by atoms with Gasteiger partial charge in [-0.2, -0.15) is 5.10 Å². The summed E-state index contributed by atoms with van der Waals surface area (Å²) in [4.78, 5) is 2.56. The summed E-state index contributed by atoms with van der Waals surface area (Å²) in [6.07, 6.45) is 6.36. The molecule has 1 fully saturated rings. The third-order valence-corrected chi connectivity index (χ3v) is 4.11. The van der Waals surface area contributed by atoms with E-state index in [1.54, 1.807) is 0 Å². The van der Waals surface area contributed by atoms with Crippen molar-refractivity contribution < 1.29 is 0 Å². The first-order valence-corrected chi connectivity index (χ1v) is 7.09. The first kappa shape index (κ1) is 12.4. The van der Waals surface area contributed by atoms with Crippen molar-refractivity contribution in [2.45, 2.75) is 32.4 Å². The highest BCUT2D eigenvalue weighted by molar-refractivity contribution is 5.25. The van der Waals surface area contributed by atoms with Gasteiger partial charge in [-0.25, -0.2) is 0 Å². The zero-order valence-electron chi connectivity index (χ0n) is 11.5. The molecule has 100 valence electrons. The molecule has 0 unspecified atom stereocenters. The van der Waals surface area contributed by atoms with Crippen molar-refractivity contribution in [1.82, 2.24) is 14.7 Å². The highest BCUT2D eigenvalue weighted by Crippen LogP contribution is 2.23. The summed E-state index contributed by atoms with van der Waals surface area (Å²) in [5, 5.41) is 4.36. The Morgan fingerprint density at radius 3 is 2.63 bits per heavy atom. The fourth-order valence-electron chi connectivity index (χ4n) is 2.87. The molecular weight excluding hydrogens is 234 g/mol. The number of likely N-dealkylation sites (tertiary alicyclic amines) is 1. The summed E-state index contributed by atoms with van der Waals surface area (Å²) in [7, 11) is 0. The number of rotatable bonds is 3. The van der Waals surface area contributed by atoms with Gasteiger partial charge in [0.05, 0.1) is 6.04 Å². The first-order valence-electron chi connectivity index (χ1n) is 7.09. The first-order chi connectivity index (χ1) is 9.33. The summed E-state index contributed by atoms with van der Waals surface area (Å²) in [5.74, 6) is 0. The van der Waals surface area contributed by atoms with Crippen LogP contribution in [0.25, 0.3) is 0 Å². The van der Waals surface area contributed by atoms with Crippen LogP contribution in [0.15, 0.2) is 42.7 Å². The van der Waals surface area contributed by atoms with Gasteiger partial charge in [-0.15, -0.1) is 0 Å². The monoisotopic (exact) mass is 255 g/mol. The zero-order chi connectivity index (χ0) is 13.1. The minimum absolute atomic E-state index is 0.586. The van der Waals surface area contributed by atoms with E-state index in [4.69, 9.17) is 0 Å². The Kier molecular flexibility index (Phi) is 3.65. The highest BCUT2D eigenvalue weighted by atomic mass is 15.3. The molecule has 19 heavy (non-hydrogen) atoms. The van der Waals surface area contributed by atoms with Crippen LogP contribution in [0.2, 0.25) is 0 Å². The lowest BCUT2D eigenvalue weighted by Crippen LogP contribution is -2.34. The topological polar surface area (TPSA) is 21.1 Å². The number of aromatic nitrogens is 2. The summed E-state index contributed by atoms with van der Waals surface area (Å²) < 4.78 is 2.12. The SMILES string of the molecule is Cc1ccccc1CN1CCC(n2cccn2)CC1. The second-order valence-electron chi connectivity index (χ2n) is 5.42. The summed E-state index contributed by atoms with van der Waals surface area (Å²) in [6.45, 7) is 5.61. The largest absolute Gasteiger partial charge is 0.299 e. The predicted octanol–water partition coefficient (Wildman–Crippen LogP) is 3.03. The zero-order valence-corrected chi connectivity index (χ0v) is 11.5. The van der Waals surface area contributed by atoms with Crippen LogP contribution in [0.3, 0.4) is 0 Å². The molecule has 0 N–H and O–H groups in total. The van der Waals surface area contributed by atoms with Crippen molar-refractivity contribution in [2.75, 3.05) is 13.1 Å². The minimum Gasteiger partial charge on any atom is -0.299 e. The maximum Gasteiger partial charge on any atom is 0.0543 e. The molecule has 0 atom stereocenters. The van der Waals surface area contributed by atoms with Crippen LogP contribution in [-0.4, -0.2) is 27.8 Å². The molecule has 0 bridgehead atoms. The average molecular weight is 255 g/mol. The molecule has 3 nitrogen and oxygen atoms in total. The Morgan fingerprint density at radius 2 is 1.95 bits per heavy atom. The number of nitrogens with zero attached hydrogens (tertiary/aromatic N) is 3. The van der Waals surface area contributed by atoms with Crippen molar-refractivity contribution >= 4 is 0 Å². The molecular formula is C16H21N3. The fourth-order valence-corrected chi connectivity index (χ4v) is 2.87. The third-order valence-electron chi connectivity index (χ3n) is 4.11. The molecule has 2 aromatic rings. The Labute approximate surface area is 114 Å². The molecule has 2 heterocycles. The molecule has 0 aliphatic carbocycles. The lowest BCUT2D eigenvalue weighted by Gasteiger charge is -2.32. The highest BCUT2D eigenvalue weighted by Gasteiger charge is 2.20. The Bertz CT molecular complexity index is 511. The average Bonchev–Trinajstić information content (AvgIpc) is 2.96. The van der Waals surface area contributed by atoms with E-state index in [9.17, 15) is 0 Å². The molecule has 0 radical (unpaired) electrons. The lowest BCUT2D eigenvalue weighted by molar-refractivity contribution is 0.173. The van der Waals surface area contributed by atoms with Crippen LogP contribution in [-0.2, 0) is 6.54 Å². The number of benzene rings is 1. The van der Waals surface area contributed by atoms with Crippen LogP contribution < -0.4 is 0 Å². The molecule has 0 saturated carbocycles. The summed E-state index contributed by atoms with van der Waals surface area (Å²) in [6, 6.07) is 11.3. The van der Waals surface area contributed by atoms with E-state index in [1.807, 2.05) is 12.3 Å².